The lowest BCUT2D eigenvalue weighted by molar-refractivity contribution is -0.123. The maximum absolute atomic E-state index is 12.4. The van der Waals surface area contributed by atoms with E-state index in [-0.39, 0.29) is 11.9 Å². The zero-order valence-electron chi connectivity index (χ0n) is 15.9. The topological polar surface area (TPSA) is 45.2 Å². The standard InChI is InChI=1S/C22H24ClN3OS/c1-15(16-6-8-18(23)9-7-16)24-21(27)14-26-12-10-17(11-13-26)22-25-19-4-2-3-5-20(19)28-22/h2-9,15,17H,10-14H2,1H3,(H,24,27)/t15-/m0/s1. The van der Waals surface area contributed by atoms with Crippen LogP contribution in [0, 0.1) is 0 Å². The molecular weight excluding hydrogens is 390 g/mol. The van der Waals surface area contributed by atoms with Crippen molar-refractivity contribution in [3.8, 4) is 0 Å². The Morgan fingerprint density at radius 3 is 2.64 bits per heavy atom. The van der Waals surface area contributed by atoms with E-state index in [0.717, 1.165) is 37.0 Å². The molecule has 4 nitrogen and oxygen atoms in total. The van der Waals surface area contributed by atoms with Crippen molar-refractivity contribution in [2.24, 2.45) is 0 Å². The minimum absolute atomic E-state index is 0.0231. The zero-order valence-corrected chi connectivity index (χ0v) is 17.5. The molecule has 4 rings (SSSR count). The van der Waals surface area contributed by atoms with Crippen LogP contribution >= 0.6 is 22.9 Å². The molecule has 1 aliphatic rings. The number of carbonyl (C=O) groups excluding carboxylic acids is 1. The van der Waals surface area contributed by atoms with Gasteiger partial charge in [-0.05, 0) is 62.7 Å². The summed E-state index contributed by atoms with van der Waals surface area (Å²) in [7, 11) is 0. The first-order valence-corrected chi connectivity index (χ1v) is 10.9. The van der Waals surface area contributed by atoms with Crippen LogP contribution in [0.5, 0.6) is 0 Å². The van der Waals surface area contributed by atoms with Gasteiger partial charge in [-0.2, -0.15) is 0 Å². The van der Waals surface area contributed by atoms with Crippen LogP contribution in [0.4, 0.5) is 0 Å². The molecule has 6 heteroatoms. The van der Waals surface area contributed by atoms with E-state index in [0.29, 0.717) is 17.5 Å². The lowest BCUT2D eigenvalue weighted by Gasteiger charge is -2.30. The van der Waals surface area contributed by atoms with Crippen LogP contribution in [0.1, 0.15) is 42.3 Å². The number of thiazole rings is 1. The third-order valence-electron chi connectivity index (χ3n) is 5.36. The summed E-state index contributed by atoms with van der Waals surface area (Å²) >= 11 is 7.74. The molecule has 0 unspecified atom stereocenters. The highest BCUT2D eigenvalue weighted by molar-refractivity contribution is 7.18. The van der Waals surface area contributed by atoms with E-state index in [9.17, 15) is 4.79 Å². The molecule has 1 aromatic heterocycles. The molecule has 1 atom stereocenters. The number of likely N-dealkylation sites (tertiary alicyclic amines) is 1. The predicted molar refractivity (Wildman–Crippen MR) is 116 cm³/mol. The number of benzene rings is 2. The summed E-state index contributed by atoms with van der Waals surface area (Å²) in [6, 6.07) is 15.9. The SMILES string of the molecule is C[C@H](NC(=O)CN1CCC(c2nc3ccccc3s2)CC1)c1ccc(Cl)cc1. The number of hydrogen-bond acceptors (Lipinski definition) is 4. The number of halogens is 1. The molecular formula is C22H24ClN3OS. The first-order valence-electron chi connectivity index (χ1n) is 9.71. The van der Waals surface area contributed by atoms with Crippen LogP contribution in [0.15, 0.2) is 48.5 Å². The number of hydrogen-bond donors (Lipinski definition) is 1. The molecule has 0 saturated carbocycles. The van der Waals surface area contributed by atoms with Crippen LogP contribution in [0.2, 0.25) is 5.02 Å². The van der Waals surface area contributed by atoms with Gasteiger partial charge in [-0.1, -0.05) is 35.9 Å². The second-order valence-electron chi connectivity index (χ2n) is 7.41. The van der Waals surface area contributed by atoms with Crippen molar-refractivity contribution in [1.29, 1.82) is 0 Å². The third kappa shape index (κ3) is 4.54. The summed E-state index contributed by atoms with van der Waals surface area (Å²) in [5.41, 5.74) is 2.16. The van der Waals surface area contributed by atoms with E-state index in [2.05, 4.69) is 28.4 Å². The third-order valence-corrected chi connectivity index (χ3v) is 6.81. The number of amides is 1. The molecule has 1 saturated heterocycles. The van der Waals surface area contributed by atoms with Crippen LogP contribution in [-0.4, -0.2) is 35.4 Å². The van der Waals surface area contributed by atoms with Gasteiger partial charge in [0, 0.05) is 10.9 Å². The summed E-state index contributed by atoms with van der Waals surface area (Å²) in [5.74, 6) is 0.575. The molecule has 0 spiro atoms. The van der Waals surface area contributed by atoms with Crippen molar-refractivity contribution >= 4 is 39.1 Å². The molecule has 28 heavy (non-hydrogen) atoms. The number of rotatable bonds is 5. The molecule has 1 amide bonds. The summed E-state index contributed by atoms with van der Waals surface area (Å²) in [4.78, 5) is 19.5. The normalized spacial score (nSPS) is 16.9. The molecule has 0 bridgehead atoms. The second-order valence-corrected chi connectivity index (χ2v) is 8.91. The summed E-state index contributed by atoms with van der Waals surface area (Å²) < 4.78 is 1.26. The van der Waals surface area contributed by atoms with Gasteiger partial charge in [-0.3, -0.25) is 9.69 Å². The van der Waals surface area contributed by atoms with Gasteiger partial charge in [0.25, 0.3) is 0 Å². The molecule has 2 aromatic carbocycles. The predicted octanol–water partition coefficient (Wildman–Crippen LogP) is 5.01. The zero-order chi connectivity index (χ0) is 19.5. The van der Waals surface area contributed by atoms with Gasteiger partial charge in [0.1, 0.15) is 0 Å². The van der Waals surface area contributed by atoms with Crippen LogP contribution in [0.25, 0.3) is 10.2 Å². The lowest BCUT2D eigenvalue weighted by Crippen LogP contribution is -2.41. The second kappa shape index (κ2) is 8.60. The molecule has 3 aromatic rings. The van der Waals surface area contributed by atoms with Gasteiger partial charge in [0.2, 0.25) is 5.91 Å². The van der Waals surface area contributed by atoms with Crippen molar-refractivity contribution in [3.05, 3.63) is 64.1 Å². The Hall–Kier alpha value is -1.95. The highest BCUT2D eigenvalue weighted by atomic mass is 35.5. The summed E-state index contributed by atoms with van der Waals surface area (Å²) in [5, 5.41) is 5.03. The first-order chi connectivity index (χ1) is 13.6. The van der Waals surface area contributed by atoms with Crippen LogP contribution < -0.4 is 5.32 Å². The van der Waals surface area contributed by atoms with Gasteiger partial charge < -0.3 is 5.32 Å². The molecule has 2 heterocycles. The Labute approximate surface area is 174 Å². The van der Waals surface area contributed by atoms with Crippen molar-refractivity contribution in [1.82, 2.24) is 15.2 Å². The Kier molecular flexibility index (Phi) is 5.95. The van der Waals surface area contributed by atoms with Crippen molar-refractivity contribution < 1.29 is 4.79 Å². The Morgan fingerprint density at radius 2 is 1.93 bits per heavy atom. The summed E-state index contributed by atoms with van der Waals surface area (Å²) in [6.45, 7) is 4.32. The van der Waals surface area contributed by atoms with E-state index >= 15 is 0 Å². The fourth-order valence-corrected chi connectivity index (χ4v) is 4.99. The minimum atomic E-state index is -0.0231. The Bertz CT molecular complexity index is 915. The molecule has 1 N–H and O–H groups in total. The van der Waals surface area contributed by atoms with Gasteiger partial charge in [0.15, 0.2) is 0 Å². The number of fused-ring (bicyclic) bond motifs is 1. The van der Waals surface area contributed by atoms with Gasteiger partial charge in [0.05, 0.1) is 27.8 Å². The molecule has 1 fully saturated rings. The number of aromatic nitrogens is 1. The van der Waals surface area contributed by atoms with Crippen molar-refractivity contribution in [2.75, 3.05) is 19.6 Å². The lowest BCUT2D eigenvalue weighted by atomic mass is 9.97. The Balaban J connectivity index is 1.27. The van der Waals surface area contributed by atoms with Crippen molar-refractivity contribution in [3.63, 3.8) is 0 Å². The number of nitrogens with zero attached hydrogens (tertiary/aromatic N) is 2. The number of nitrogens with one attached hydrogen (secondary N) is 1. The maximum atomic E-state index is 12.4. The van der Waals surface area contributed by atoms with E-state index in [1.54, 1.807) is 0 Å². The van der Waals surface area contributed by atoms with Gasteiger partial charge >= 0.3 is 0 Å². The number of carbonyl (C=O) groups is 1. The van der Waals surface area contributed by atoms with E-state index in [1.165, 1.54) is 9.71 Å². The fourth-order valence-electron chi connectivity index (χ4n) is 3.73. The monoisotopic (exact) mass is 413 g/mol. The largest absolute Gasteiger partial charge is 0.348 e. The van der Waals surface area contributed by atoms with Crippen molar-refractivity contribution in [2.45, 2.75) is 31.7 Å². The maximum Gasteiger partial charge on any atom is 0.234 e. The van der Waals surface area contributed by atoms with E-state index in [4.69, 9.17) is 16.6 Å². The summed E-state index contributed by atoms with van der Waals surface area (Å²) in [6.07, 6.45) is 2.11. The van der Waals surface area contributed by atoms with E-state index < -0.39 is 0 Å². The fraction of sp³-hybridized carbons (Fsp3) is 0.364. The molecule has 0 radical (unpaired) electrons. The quantitative estimate of drug-likeness (QED) is 0.639. The van der Waals surface area contributed by atoms with Crippen LogP contribution in [0.3, 0.4) is 0 Å². The van der Waals surface area contributed by atoms with Gasteiger partial charge in [-0.15, -0.1) is 11.3 Å². The average molecular weight is 414 g/mol. The highest BCUT2D eigenvalue weighted by Crippen LogP contribution is 2.33. The highest BCUT2D eigenvalue weighted by Gasteiger charge is 2.24. The Morgan fingerprint density at radius 1 is 1.21 bits per heavy atom. The smallest absolute Gasteiger partial charge is 0.234 e. The molecule has 146 valence electrons. The van der Waals surface area contributed by atoms with Crippen LogP contribution in [-0.2, 0) is 4.79 Å². The first kappa shape index (κ1) is 19.4. The number of para-hydroxylation sites is 1. The average Bonchev–Trinajstić information content (AvgIpc) is 3.13. The number of piperidine rings is 1. The molecule has 0 aliphatic carbocycles. The minimum Gasteiger partial charge on any atom is -0.348 e. The van der Waals surface area contributed by atoms with E-state index in [1.807, 2.05) is 48.6 Å². The molecule has 1 aliphatic heterocycles. The van der Waals surface area contributed by atoms with Gasteiger partial charge in [-0.25, -0.2) is 4.98 Å².